The number of benzene rings is 1. The van der Waals surface area contributed by atoms with E-state index in [1.165, 1.54) is 0 Å². The molecule has 3 rings (SSSR count). The molecule has 0 aliphatic carbocycles. The first kappa shape index (κ1) is 16.3. The van der Waals surface area contributed by atoms with E-state index in [1.807, 2.05) is 29.2 Å². The van der Waals surface area contributed by atoms with Gasteiger partial charge in [-0.15, -0.1) is 0 Å². The molecule has 0 bridgehead atoms. The van der Waals surface area contributed by atoms with Crippen molar-refractivity contribution in [3.8, 4) is 5.75 Å². The van der Waals surface area contributed by atoms with Crippen LogP contribution in [0.25, 0.3) is 0 Å². The van der Waals surface area contributed by atoms with Crippen LogP contribution in [0.4, 0.5) is 0 Å². The third-order valence-electron chi connectivity index (χ3n) is 5.08. The maximum atomic E-state index is 12.8. The molecule has 1 aromatic carbocycles. The molecule has 23 heavy (non-hydrogen) atoms. The molecule has 2 aliphatic heterocycles. The minimum atomic E-state index is -0.115. The number of hydrogen-bond acceptors (Lipinski definition) is 4. The largest absolute Gasteiger partial charge is 0.496 e. The summed E-state index contributed by atoms with van der Waals surface area (Å²) in [6.07, 6.45) is 3.91. The molecule has 0 N–H and O–H groups in total. The molecule has 2 heterocycles. The van der Waals surface area contributed by atoms with Gasteiger partial charge in [0.1, 0.15) is 5.75 Å². The third kappa shape index (κ3) is 3.35. The number of carbonyl (C=O) groups is 1. The molecule has 5 heteroatoms. The number of amides is 1. The molecule has 1 amide bonds. The zero-order chi connectivity index (χ0) is 16.3. The fourth-order valence-electron chi connectivity index (χ4n) is 3.64. The summed E-state index contributed by atoms with van der Waals surface area (Å²) < 4.78 is 16.9. The Bertz CT molecular complexity index is 552. The minimum absolute atomic E-state index is 0.0383. The Morgan fingerprint density at radius 1 is 1.26 bits per heavy atom. The van der Waals surface area contributed by atoms with E-state index in [-0.39, 0.29) is 17.6 Å². The van der Waals surface area contributed by atoms with Crippen molar-refractivity contribution in [3.05, 3.63) is 29.8 Å². The van der Waals surface area contributed by atoms with Gasteiger partial charge in [0.25, 0.3) is 5.91 Å². The average Bonchev–Trinajstić information content (AvgIpc) is 2.62. The van der Waals surface area contributed by atoms with Crippen molar-refractivity contribution >= 4 is 5.91 Å². The molecule has 2 saturated heterocycles. The highest BCUT2D eigenvalue weighted by molar-refractivity contribution is 5.97. The number of ether oxygens (including phenoxy) is 3. The van der Waals surface area contributed by atoms with Gasteiger partial charge < -0.3 is 19.1 Å². The lowest BCUT2D eigenvalue weighted by Crippen LogP contribution is -2.52. The zero-order valence-corrected chi connectivity index (χ0v) is 13.9. The second-order valence-corrected chi connectivity index (χ2v) is 6.37. The van der Waals surface area contributed by atoms with Crippen molar-refractivity contribution in [3.63, 3.8) is 0 Å². The van der Waals surface area contributed by atoms with E-state index in [2.05, 4.69) is 0 Å². The maximum Gasteiger partial charge on any atom is 0.257 e. The fraction of sp³-hybridized carbons (Fsp3) is 0.611. The Hall–Kier alpha value is -1.59. The van der Waals surface area contributed by atoms with Crippen LogP contribution < -0.4 is 4.74 Å². The maximum absolute atomic E-state index is 12.8. The van der Waals surface area contributed by atoms with Gasteiger partial charge in [-0.3, -0.25) is 4.79 Å². The Balaban J connectivity index is 1.65. The zero-order valence-electron chi connectivity index (χ0n) is 13.9. The average molecular weight is 319 g/mol. The first-order chi connectivity index (χ1) is 11.2. The van der Waals surface area contributed by atoms with Crippen molar-refractivity contribution in [1.82, 2.24) is 4.90 Å². The topological polar surface area (TPSA) is 48.0 Å². The van der Waals surface area contributed by atoms with Gasteiger partial charge in [-0.1, -0.05) is 12.1 Å². The van der Waals surface area contributed by atoms with Crippen LogP contribution in [0.2, 0.25) is 0 Å². The number of nitrogens with zero attached hydrogens (tertiary/aromatic N) is 1. The van der Waals surface area contributed by atoms with Crippen LogP contribution >= 0.6 is 0 Å². The van der Waals surface area contributed by atoms with Crippen LogP contribution in [-0.4, -0.2) is 56.4 Å². The highest BCUT2D eigenvalue weighted by Gasteiger charge is 2.41. The SMILES string of the molecule is COc1ccccc1C(=O)N1CCC2(CC1)CC(OC)CCO2. The highest BCUT2D eigenvalue weighted by Crippen LogP contribution is 2.36. The summed E-state index contributed by atoms with van der Waals surface area (Å²) >= 11 is 0. The molecular formula is C18H25NO4. The first-order valence-corrected chi connectivity index (χ1v) is 8.26. The van der Waals surface area contributed by atoms with E-state index in [0.29, 0.717) is 24.4 Å². The van der Waals surface area contributed by atoms with Gasteiger partial charge in [0.05, 0.1) is 24.4 Å². The fourth-order valence-corrected chi connectivity index (χ4v) is 3.64. The Morgan fingerprint density at radius 2 is 2.00 bits per heavy atom. The molecule has 0 radical (unpaired) electrons. The molecule has 0 aromatic heterocycles. The van der Waals surface area contributed by atoms with Crippen molar-refractivity contribution in [2.75, 3.05) is 33.9 Å². The lowest BCUT2D eigenvalue weighted by molar-refractivity contribution is -0.146. The highest BCUT2D eigenvalue weighted by atomic mass is 16.5. The molecule has 126 valence electrons. The van der Waals surface area contributed by atoms with Crippen molar-refractivity contribution in [2.24, 2.45) is 0 Å². The monoisotopic (exact) mass is 319 g/mol. The van der Waals surface area contributed by atoms with Crippen LogP contribution in [0.3, 0.4) is 0 Å². The van der Waals surface area contributed by atoms with E-state index in [1.54, 1.807) is 14.2 Å². The van der Waals surface area contributed by atoms with E-state index in [4.69, 9.17) is 14.2 Å². The Morgan fingerprint density at radius 3 is 2.70 bits per heavy atom. The van der Waals surface area contributed by atoms with Crippen molar-refractivity contribution in [1.29, 1.82) is 0 Å². The molecule has 5 nitrogen and oxygen atoms in total. The molecule has 1 spiro atoms. The summed E-state index contributed by atoms with van der Waals surface area (Å²) in [5.41, 5.74) is 0.515. The van der Waals surface area contributed by atoms with Gasteiger partial charge >= 0.3 is 0 Å². The van der Waals surface area contributed by atoms with Crippen molar-refractivity contribution < 1.29 is 19.0 Å². The van der Waals surface area contributed by atoms with E-state index in [9.17, 15) is 4.79 Å². The van der Waals surface area contributed by atoms with E-state index < -0.39 is 0 Å². The number of hydrogen-bond donors (Lipinski definition) is 0. The number of piperidine rings is 1. The lowest BCUT2D eigenvalue weighted by Gasteiger charge is -2.45. The van der Waals surface area contributed by atoms with Gasteiger partial charge in [0.2, 0.25) is 0 Å². The molecule has 2 aliphatic rings. The van der Waals surface area contributed by atoms with Crippen LogP contribution in [0.15, 0.2) is 24.3 Å². The number of likely N-dealkylation sites (tertiary alicyclic amines) is 1. The van der Waals surface area contributed by atoms with Gasteiger partial charge in [-0.25, -0.2) is 0 Å². The summed E-state index contributed by atoms with van der Waals surface area (Å²) in [6.45, 7) is 2.18. The van der Waals surface area contributed by atoms with Gasteiger partial charge in [0, 0.05) is 33.2 Å². The quantitative estimate of drug-likeness (QED) is 0.859. The van der Waals surface area contributed by atoms with Crippen LogP contribution in [-0.2, 0) is 9.47 Å². The molecule has 0 saturated carbocycles. The van der Waals surface area contributed by atoms with Crippen LogP contribution in [0, 0.1) is 0 Å². The second kappa shape index (κ2) is 6.89. The summed E-state index contributed by atoms with van der Waals surface area (Å²) in [6, 6.07) is 7.39. The first-order valence-electron chi connectivity index (χ1n) is 8.26. The smallest absolute Gasteiger partial charge is 0.257 e. The normalized spacial score (nSPS) is 23.7. The molecule has 2 fully saturated rings. The Labute approximate surface area is 137 Å². The van der Waals surface area contributed by atoms with Gasteiger partial charge in [-0.05, 0) is 31.4 Å². The summed E-state index contributed by atoms with van der Waals surface area (Å²) in [7, 11) is 3.36. The van der Waals surface area contributed by atoms with E-state index >= 15 is 0 Å². The van der Waals surface area contributed by atoms with Gasteiger partial charge in [0.15, 0.2) is 0 Å². The van der Waals surface area contributed by atoms with Crippen molar-refractivity contribution in [2.45, 2.75) is 37.4 Å². The molecule has 1 unspecified atom stereocenters. The third-order valence-corrected chi connectivity index (χ3v) is 5.08. The second-order valence-electron chi connectivity index (χ2n) is 6.37. The standard InChI is InChI=1S/C18H25NO4/c1-21-14-7-12-23-18(13-14)8-10-19(11-9-18)17(20)15-5-3-4-6-16(15)22-2/h3-6,14H,7-13H2,1-2H3. The summed E-state index contributed by atoms with van der Waals surface area (Å²) in [5.74, 6) is 0.669. The number of methoxy groups -OCH3 is 2. The molecular weight excluding hydrogens is 294 g/mol. The van der Waals surface area contributed by atoms with Gasteiger partial charge in [-0.2, -0.15) is 0 Å². The van der Waals surface area contributed by atoms with Crippen LogP contribution in [0.5, 0.6) is 5.75 Å². The number of rotatable bonds is 3. The molecule has 1 atom stereocenters. The number of para-hydroxylation sites is 1. The predicted molar refractivity (Wildman–Crippen MR) is 86.8 cm³/mol. The predicted octanol–water partition coefficient (Wildman–Crippen LogP) is 2.50. The minimum Gasteiger partial charge on any atom is -0.496 e. The summed E-state index contributed by atoms with van der Waals surface area (Å²) in [5, 5.41) is 0. The lowest BCUT2D eigenvalue weighted by atomic mass is 9.83. The molecule has 1 aromatic rings. The number of carbonyl (C=O) groups excluding carboxylic acids is 1. The Kier molecular flexibility index (Phi) is 4.87. The van der Waals surface area contributed by atoms with E-state index in [0.717, 1.165) is 32.3 Å². The van der Waals surface area contributed by atoms with Crippen LogP contribution in [0.1, 0.15) is 36.0 Å². The summed E-state index contributed by atoms with van der Waals surface area (Å²) in [4.78, 5) is 14.7.